The van der Waals surface area contributed by atoms with Crippen molar-refractivity contribution in [3.63, 3.8) is 0 Å². The number of fused-ring (bicyclic) bond motifs is 2. The van der Waals surface area contributed by atoms with Crippen LogP contribution < -0.4 is 5.32 Å². The summed E-state index contributed by atoms with van der Waals surface area (Å²) >= 11 is 5.85. The highest BCUT2D eigenvalue weighted by atomic mass is 35.5. The highest BCUT2D eigenvalue weighted by Gasteiger charge is 2.75. The summed E-state index contributed by atoms with van der Waals surface area (Å²) in [6, 6.07) is 7.30. The maximum atomic E-state index is 12.8. The van der Waals surface area contributed by atoms with E-state index in [2.05, 4.69) is 5.32 Å². The van der Waals surface area contributed by atoms with Crippen molar-refractivity contribution >= 4 is 23.5 Å². The number of hydrogen-bond acceptors (Lipinski definition) is 3. The molecule has 3 rings (SSSR count). The molecule has 1 saturated heterocycles. The summed E-state index contributed by atoms with van der Waals surface area (Å²) in [6.45, 7) is 6.19. The van der Waals surface area contributed by atoms with Crippen LogP contribution in [0, 0.1) is 10.8 Å². The van der Waals surface area contributed by atoms with Crippen molar-refractivity contribution in [3.05, 3.63) is 34.9 Å². The highest BCUT2D eigenvalue weighted by Crippen LogP contribution is 2.65. The number of hydrogen-bond donors (Lipinski definition) is 1. The third-order valence-electron chi connectivity index (χ3n) is 5.82. The van der Waals surface area contributed by atoms with Gasteiger partial charge in [-0.1, -0.05) is 37.6 Å². The number of halogens is 1. The van der Waals surface area contributed by atoms with Crippen LogP contribution in [0.2, 0.25) is 5.02 Å². The Kier molecular flexibility index (Phi) is 3.29. The molecule has 1 heterocycles. The first-order chi connectivity index (χ1) is 10.2. The van der Waals surface area contributed by atoms with E-state index >= 15 is 0 Å². The van der Waals surface area contributed by atoms with Crippen molar-refractivity contribution in [2.24, 2.45) is 10.8 Å². The summed E-state index contributed by atoms with van der Waals surface area (Å²) in [7, 11) is 0. The molecule has 0 aromatic heterocycles. The molecule has 1 aromatic rings. The van der Waals surface area contributed by atoms with Gasteiger partial charge in [0.25, 0.3) is 5.91 Å². The first-order valence-electron chi connectivity index (χ1n) is 7.49. The second kappa shape index (κ2) is 4.72. The Morgan fingerprint density at radius 1 is 1.23 bits per heavy atom. The summed E-state index contributed by atoms with van der Waals surface area (Å²) in [6.07, 6.45) is 1.27. The van der Waals surface area contributed by atoms with E-state index < -0.39 is 16.4 Å². The molecule has 2 bridgehead atoms. The molecule has 1 aliphatic carbocycles. The summed E-state index contributed by atoms with van der Waals surface area (Å²) in [5.74, 6) is -0.465. The number of amides is 1. The predicted octanol–water partition coefficient (Wildman–Crippen LogP) is 3.08. The van der Waals surface area contributed by atoms with E-state index in [4.69, 9.17) is 16.3 Å². The van der Waals surface area contributed by atoms with Crippen LogP contribution in [-0.4, -0.2) is 17.5 Å². The molecule has 22 heavy (non-hydrogen) atoms. The van der Waals surface area contributed by atoms with Crippen LogP contribution in [0.15, 0.2) is 24.3 Å². The van der Waals surface area contributed by atoms with E-state index in [1.54, 1.807) is 12.1 Å². The highest BCUT2D eigenvalue weighted by molar-refractivity contribution is 6.30. The first kappa shape index (κ1) is 15.3. The number of rotatable bonds is 3. The first-order valence-corrected chi connectivity index (χ1v) is 7.87. The summed E-state index contributed by atoms with van der Waals surface area (Å²) in [5.41, 5.74) is -1.19. The van der Waals surface area contributed by atoms with Crippen molar-refractivity contribution in [1.29, 1.82) is 0 Å². The third-order valence-corrected chi connectivity index (χ3v) is 6.07. The molecule has 4 nitrogen and oxygen atoms in total. The van der Waals surface area contributed by atoms with Crippen LogP contribution in [0.25, 0.3) is 0 Å². The van der Waals surface area contributed by atoms with Gasteiger partial charge in [0.2, 0.25) is 0 Å². The fraction of sp³-hybridized carbons (Fsp3) is 0.529. The molecule has 1 aromatic carbocycles. The van der Waals surface area contributed by atoms with Gasteiger partial charge in [-0.25, -0.2) is 0 Å². The van der Waals surface area contributed by atoms with Gasteiger partial charge >= 0.3 is 5.97 Å². The molecule has 0 radical (unpaired) electrons. The van der Waals surface area contributed by atoms with E-state index in [-0.39, 0.29) is 11.9 Å². The molecular weight excluding hydrogens is 302 g/mol. The van der Waals surface area contributed by atoms with Crippen molar-refractivity contribution in [1.82, 2.24) is 5.32 Å². The van der Waals surface area contributed by atoms with Gasteiger partial charge < -0.3 is 10.1 Å². The standard InChI is InChI=1S/C17H20ClNO3/c1-15(2)16(3)8-9-17(15,22-14(16)21)13(20)19-10-11-4-6-12(18)7-5-11/h4-7H,8-10H2,1-3H3,(H,19,20)/t16-,17+/m1/s1. The van der Waals surface area contributed by atoms with Crippen molar-refractivity contribution in [3.8, 4) is 0 Å². The molecule has 1 amide bonds. The zero-order valence-corrected chi connectivity index (χ0v) is 13.8. The minimum atomic E-state index is -1.05. The lowest BCUT2D eigenvalue weighted by Crippen LogP contribution is -2.53. The van der Waals surface area contributed by atoms with Crippen LogP contribution in [0.3, 0.4) is 0 Å². The van der Waals surface area contributed by atoms with Crippen LogP contribution in [0.4, 0.5) is 0 Å². The maximum Gasteiger partial charge on any atom is 0.313 e. The second-order valence-electron chi connectivity index (χ2n) is 6.98. The molecular formula is C17H20ClNO3. The normalized spacial score (nSPS) is 31.9. The van der Waals surface area contributed by atoms with Crippen LogP contribution in [-0.2, 0) is 20.9 Å². The van der Waals surface area contributed by atoms with Gasteiger partial charge in [0.05, 0.1) is 5.41 Å². The largest absolute Gasteiger partial charge is 0.448 e. The summed E-state index contributed by atoms with van der Waals surface area (Å²) in [4.78, 5) is 24.9. The average Bonchev–Trinajstić information content (AvgIpc) is 2.77. The average molecular weight is 322 g/mol. The number of esters is 1. The third kappa shape index (κ3) is 1.83. The number of ether oxygens (including phenoxy) is 1. The number of carbonyl (C=O) groups excluding carboxylic acids is 2. The second-order valence-corrected chi connectivity index (χ2v) is 7.42. The maximum absolute atomic E-state index is 12.8. The van der Waals surface area contributed by atoms with Crippen LogP contribution >= 0.6 is 11.6 Å². The Bertz CT molecular complexity index is 640. The molecule has 1 N–H and O–H groups in total. The van der Waals surface area contributed by atoms with Gasteiger partial charge in [0.1, 0.15) is 0 Å². The van der Waals surface area contributed by atoms with Gasteiger partial charge in [0, 0.05) is 17.0 Å². The lowest BCUT2D eigenvalue weighted by molar-refractivity contribution is -0.168. The Morgan fingerprint density at radius 3 is 2.36 bits per heavy atom. The fourth-order valence-corrected chi connectivity index (χ4v) is 3.80. The van der Waals surface area contributed by atoms with Crippen LogP contribution in [0.1, 0.15) is 39.2 Å². The smallest absolute Gasteiger partial charge is 0.313 e. The predicted molar refractivity (Wildman–Crippen MR) is 83.2 cm³/mol. The Morgan fingerprint density at radius 2 is 1.86 bits per heavy atom. The Labute approximate surface area is 135 Å². The minimum absolute atomic E-state index is 0.206. The van der Waals surface area contributed by atoms with Crippen LogP contribution in [0.5, 0.6) is 0 Å². The SMILES string of the molecule is CC1(C)[C@@]2(C(=O)NCc3ccc(Cl)cc3)CC[C@]1(C)C(=O)O2. The van der Waals surface area contributed by atoms with Crippen molar-refractivity contribution in [2.75, 3.05) is 0 Å². The molecule has 0 spiro atoms. The molecule has 2 atom stereocenters. The molecule has 1 aliphatic heterocycles. The zero-order chi connectivity index (χ0) is 16.2. The molecule has 0 unspecified atom stereocenters. The lowest BCUT2D eigenvalue weighted by Gasteiger charge is -2.35. The minimum Gasteiger partial charge on any atom is -0.448 e. The molecule has 118 valence electrons. The van der Waals surface area contributed by atoms with Crippen molar-refractivity contribution < 1.29 is 14.3 Å². The zero-order valence-electron chi connectivity index (χ0n) is 13.0. The molecule has 1 saturated carbocycles. The topological polar surface area (TPSA) is 55.4 Å². The van der Waals surface area contributed by atoms with Gasteiger partial charge in [-0.05, 0) is 37.5 Å². The van der Waals surface area contributed by atoms with Gasteiger partial charge in [-0.3, -0.25) is 9.59 Å². The van der Waals surface area contributed by atoms with E-state index in [9.17, 15) is 9.59 Å². The monoisotopic (exact) mass is 321 g/mol. The quantitative estimate of drug-likeness (QED) is 0.870. The van der Waals surface area contributed by atoms with Gasteiger partial charge in [-0.2, -0.15) is 0 Å². The Hall–Kier alpha value is -1.55. The van der Waals surface area contributed by atoms with E-state index in [1.165, 1.54) is 0 Å². The number of nitrogens with one attached hydrogen (secondary N) is 1. The van der Waals surface area contributed by atoms with Gasteiger partial charge in [0.15, 0.2) is 5.60 Å². The summed E-state index contributed by atoms with van der Waals surface area (Å²) < 4.78 is 5.56. The van der Waals surface area contributed by atoms with Gasteiger partial charge in [-0.15, -0.1) is 0 Å². The molecule has 2 fully saturated rings. The lowest BCUT2D eigenvalue weighted by atomic mass is 9.66. The Balaban J connectivity index is 1.78. The summed E-state index contributed by atoms with van der Waals surface area (Å²) in [5, 5.41) is 3.57. The molecule has 2 aliphatic rings. The van der Waals surface area contributed by atoms with E-state index in [0.29, 0.717) is 24.4 Å². The number of carbonyl (C=O) groups is 2. The van der Waals surface area contributed by atoms with Crippen molar-refractivity contribution in [2.45, 2.75) is 45.8 Å². The fourth-order valence-electron chi connectivity index (χ4n) is 3.67. The van der Waals surface area contributed by atoms with E-state index in [0.717, 1.165) is 5.56 Å². The molecule has 5 heteroatoms. The van der Waals surface area contributed by atoms with E-state index in [1.807, 2.05) is 32.9 Å². The number of benzene rings is 1.